The molecule has 9 heteroatoms. The van der Waals surface area contributed by atoms with Crippen LogP contribution in [0.4, 0.5) is 0 Å². The summed E-state index contributed by atoms with van der Waals surface area (Å²) in [5.74, 6) is -0.880. The molecule has 0 aliphatic carbocycles. The lowest BCUT2D eigenvalue weighted by Crippen LogP contribution is -2.60. The Morgan fingerprint density at radius 3 is 2.57 bits per heavy atom. The summed E-state index contributed by atoms with van der Waals surface area (Å²) in [6.07, 6.45) is -3.55. The van der Waals surface area contributed by atoms with Crippen LogP contribution < -0.4 is 10.2 Å². The molecule has 5 atom stereocenters. The highest BCUT2D eigenvalue weighted by Gasteiger charge is 2.45. The van der Waals surface area contributed by atoms with Crippen molar-refractivity contribution >= 4 is 12.0 Å². The first-order valence-electron chi connectivity index (χ1n) is 9.21. The van der Waals surface area contributed by atoms with E-state index >= 15 is 0 Å². The van der Waals surface area contributed by atoms with Crippen molar-refractivity contribution in [3.05, 3.63) is 70.1 Å². The van der Waals surface area contributed by atoms with Crippen molar-refractivity contribution < 1.29 is 38.7 Å². The molecule has 160 valence electrons. The first-order chi connectivity index (χ1) is 14.4. The van der Waals surface area contributed by atoms with Gasteiger partial charge in [0.15, 0.2) is 5.43 Å². The van der Waals surface area contributed by atoms with Crippen LogP contribution in [0.1, 0.15) is 11.1 Å². The maximum atomic E-state index is 11.9. The number of benzene rings is 1. The number of carbonyl (C=O) groups is 1. The molecule has 2 aromatic rings. The predicted octanol–water partition coefficient (Wildman–Crippen LogP) is 0.391. The first-order valence-corrected chi connectivity index (χ1v) is 9.21. The van der Waals surface area contributed by atoms with Gasteiger partial charge < -0.3 is 33.9 Å². The Bertz CT molecular complexity index is 937. The highest BCUT2D eigenvalue weighted by atomic mass is 16.7. The van der Waals surface area contributed by atoms with E-state index < -0.39 is 43.3 Å². The Morgan fingerprint density at radius 1 is 1.10 bits per heavy atom. The van der Waals surface area contributed by atoms with E-state index in [-0.39, 0.29) is 16.9 Å². The molecule has 1 saturated heterocycles. The number of hydrogen-bond acceptors (Lipinski definition) is 9. The summed E-state index contributed by atoms with van der Waals surface area (Å²) in [5, 5.41) is 30.4. The van der Waals surface area contributed by atoms with Crippen molar-refractivity contribution in [2.24, 2.45) is 0 Å². The van der Waals surface area contributed by atoms with Gasteiger partial charge in [0.1, 0.15) is 31.0 Å². The molecule has 1 aliphatic rings. The summed E-state index contributed by atoms with van der Waals surface area (Å²) in [6, 6.07) is 10.3. The molecule has 3 rings (SSSR count). The third-order valence-electron chi connectivity index (χ3n) is 4.56. The van der Waals surface area contributed by atoms with Crippen LogP contribution in [0.5, 0.6) is 5.95 Å². The quantitative estimate of drug-likeness (QED) is 0.450. The molecule has 0 bridgehead atoms. The highest BCUT2D eigenvalue weighted by molar-refractivity contribution is 5.87. The topological polar surface area (TPSA) is 136 Å². The van der Waals surface area contributed by atoms with Crippen molar-refractivity contribution in [1.82, 2.24) is 0 Å². The van der Waals surface area contributed by atoms with E-state index in [9.17, 15) is 24.9 Å². The van der Waals surface area contributed by atoms with E-state index in [2.05, 4.69) is 0 Å². The normalized spacial score (nSPS) is 26.5. The molecular weight excluding hydrogens is 396 g/mol. The Morgan fingerprint density at radius 2 is 1.83 bits per heavy atom. The largest absolute Gasteiger partial charge is 0.460 e. The number of aliphatic hydroxyl groups excluding tert-OH is 3. The monoisotopic (exact) mass is 418 g/mol. The third kappa shape index (κ3) is 5.14. The summed E-state index contributed by atoms with van der Waals surface area (Å²) in [7, 11) is 0. The summed E-state index contributed by atoms with van der Waals surface area (Å²) < 4.78 is 21.0. The lowest BCUT2D eigenvalue weighted by atomic mass is 9.99. The maximum Gasteiger partial charge on any atom is 0.330 e. The number of aliphatic hydroxyl groups is 3. The molecule has 2 heterocycles. The highest BCUT2D eigenvalue weighted by Crippen LogP contribution is 2.25. The van der Waals surface area contributed by atoms with Gasteiger partial charge in [-0.25, -0.2) is 4.79 Å². The smallest absolute Gasteiger partial charge is 0.330 e. The summed E-state index contributed by atoms with van der Waals surface area (Å²) >= 11 is 0. The summed E-state index contributed by atoms with van der Waals surface area (Å²) in [4.78, 5) is 23.6. The van der Waals surface area contributed by atoms with Gasteiger partial charge in [-0.05, 0) is 18.6 Å². The van der Waals surface area contributed by atoms with Crippen molar-refractivity contribution in [3.8, 4) is 5.95 Å². The van der Waals surface area contributed by atoms with Gasteiger partial charge >= 0.3 is 5.97 Å². The number of esters is 1. The van der Waals surface area contributed by atoms with Crippen molar-refractivity contribution in [2.75, 3.05) is 6.61 Å². The van der Waals surface area contributed by atoms with Gasteiger partial charge in [-0.1, -0.05) is 30.3 Å². The van der Waals surface area contributed by atoms with E-state index in [1.165, 1.54) is 19.1 Å². The van der Waals surface area contributed by atoms with Gasteiger partial charge in [-0.2, -0.15) is 0 Å². The second-order valence-electron chi connectivity index (χ2n) is 6.70. The average Bonchev–Trinajstić information content (AvgIpc) is 2.75. The van der Waals surface area contributed by atoms with Crippen LogP contribution in [0.15, 0.2) is 57.9 Å². The van der Waals surface area contributed by atoms with Crippen molar-refractivity contribution in [1.29, 1.82) is 0 Å². The second-order valence-corrected chi connectivity index (χ2v) is 6.70. The standard InChI is InChI=1S/C21H22O9/c1-12-14(22)9-10-27-20(12)30-21-19(26)18(25)17(24)15(29-21)11-28-16(23)8-7-13-5-3-2-4-6-13/h2-10,15,17-19,21,24-26H,11H2,1H3/b8-7+/t15-,17-,18+,19-,21+/m1/s1. The number of hydrogen-bond donors (Lipinski definition) is 3. The molecule has 1 aliphatic heterocycles. The van der Waals surface area contributed by atoms with E-state index in [4.69, 9.17) is 18.6 Å². The van der Waals surface area contributed by atoms with Crippen LogP contribution in [-0.4, -0.2) is 58.6 Å². The molecule has 0 amide bonds. The van der Waals surface area contributed by atoms with Gasteiger partial charge in [-0.15, -0.1) is 0 Å². The number of carbonyl (C=O) groups excluding carboxylic acids is 1. The van der Waals surface area contributed by atoms with Gasteiger partial charge in [0.05, 0.1) is 11.8 Å². The Kier molecular flexibility index (Phi) is 7.01. The van der Waals surface area contributed by atoms with E-state index in [1.54, 1.807) is 18.2 Å². The van der Waals surface area contributed by atoms with Crippen LogP contribution in [0.25, 0.3) is 6.08 Å². The van der Waals surface area contributed by atoms with E-state index in [0.29, 0.717) is 0 Å². The van der Waals surface area contributed by atoms with Crippen LogP contribution in [0.2, 0.25) is 0 Å². The predicted molar refractivity (Wildman–Crippen MR) is 103 cm³/mol. The molecule has 1 fully saturated rings. The molecule has 30 heavy (non-hydrogen) atoms. The van der Waals surface area contributed by atoms with Crippen LogP contribution in [-0.2, 0) is 14.3 Å². The lowest BCUT2D eigenvalue weighted by molar-refractivity contribution is -0.281. The molecule has 3 N–H and O–H groups in total. The maximum absolute atomic E-state index is 11.9. The zero-order chi connectivity index (χ0) is 21.7. The average molecular weight is 418 g/mol. The van der Waals surface area contributed by atoms with Crippen LogP contribution in [0, 0.1) is 6.92 Å². The molecule has 1 aromatic carbocycles. The minimum Gasteiger partial charge on any atom is -0.460 e. The zero-order valence-corrected chi connectivity index (χ0v) is 16.1. The van der Waals surface area contributed by atoms with E-state index in [1.807, 2.05) is 18.2 Å². The van der Waals surface area contributed by atoms with Crippen molar-refractivity contribution in [2.45, 2.75) is 37.6 Å². The number of ether oxygens (including phenoxy) is 3. The van der Waals surface area contributed by atoms with E-state index in [0.717, 1.165) is 11.8 Å². The Balaban J connectivity index is 1.62. The fraction of sp³-hybridized carbons (Fsp3) is 0.333. The van der Waals surface area contributed by atoms with Gasteiger partial charge in [0.2, 0.25) is 6.29 Å². The minimum absolute atomic E-state index is 0.142. The van der Waals surface area contributed by atoms with Crippen LogP contribution in [0.3, 0.4) is 0 Å². The Hall–Kier alpha value is -2.98. The molecular formula is C21H22O9. The van der Waals surface area contributed by atoms with Crippen molar-refractivity contribution in [3.63, 3.8) is 0 Å². The molecule has 9 nitrogen and oxygen atoms in total. The fourth-order valence-electron chi connectivity index (χ4n) is 2.79. The third-order valence-corrected chi connectivity index (χ3v) is 4.56. The second kappa shape index (κ2) is 9.68. The fourth-order valence-corrected chi connectivity index (χ4v) is 2.79. The molecule has 0 radical (unpaired) electrons. The Labute approximate surface area is 171 Å². The molecule has 0 spiro atoms. The number of rotatable bonds is 6. The minimum atomic E-state index is -1.64. The SMILES string of the molecule is Cc1c(O[C@@H]2O[C@H](COC(=O)/C=C/c3ccccc3)[C@@H](O)[C@H](O)[C@H]2O)occc1=O. The summed E-state index contributed by atoms with van der Waals surface area (Å²) in [5.41, 5.74) is 0.593. The van der Waals surface area contributed by atoms with Gasteiger partial charge in [0.25, 0.3) is 5.95 Å². The molecule has 0 saturated carbocycles. The first kappa shape index (κ1) is 21.7. The van der Waals surface area contributed by atoms with Gasteiger partial charge in [0, 0.05) is 12.1 Å². The molecule has 1 aromatic heterocycles. The van der Waals surface area contributed by atoms with Gasteiger partial charge in [-0.3, -0.25) is 4.79 Å². The lowest BCUT2D eigenvalue weighted by Gasteiger charge is -2.39. The summed E-state index contributed by atoms with van der Waals surface area (Å²) in [6.45, 7) is 1.06. The van der Waals surface area contributed by atoms with Crippen LogP contribution >= 0.6 is 0 Å². The molecule has 0 unspecified atom stereocenters. The zero-order valence-electron chi connectivity index (χ0n) is 16.1.